The normalized spacial score (nSPS) is 10.7. The molecule has 0 radical (unpaired) electrons. The number of nitrogens with zero attached hydrogens (tertiary/aromatic N) is 2. The molecule has 0 aliphatic rings. The van der Waals surface area contributed by atoms with Gasteiger partial charge in [0.15, 0.2) is 23.3 Å². The monoisotopic (exact) mass is 395 g/mol. The number of hydrogen-bond donors (Lipinski definition) is 1. The van der Waals surface area contributed by atoms with Crippen molar-refractivity contribution in [2.24, 2.45) is 0 Å². The van der Waals surface area contributed by atoms with Gasteiger partial charge in [-0.1, -0.05) is 29.8 Å². The van der Waals surface area contributed by atoms with Crippen molar-refractivity contribution >= 4 is 17.4 Å². The SMILES string of the molecule is N#Cc1c(-c2c(F)c(F)c(F)c(F)c2F)cc(-c2ccccc2Cl)nc1N. The first-order chi connectivity index (χ1) is 12.8. The molecule has 0 fully saturated rings. The molecule has 0 bridgehead atoms. The molecule has 0 aliphatic carbocycles. The van der Waals surface area contributed by atoms with E-state index in [2.05, 4.69) is 4.98 Å². The van der Waals surface area contributed by atoms with Gasteiger partial charge in [-0.15, -0.1) is 0 Å². The van der Waals surface area contributed by atoms with Crippen LogP contribution in [0.1, 0.15) is 5.56 Å². The van der Waals surface area contributed by atoms with Crippen molar-refractivity contribution in [2.75, 3.05) is 5.73 Å². The van der Waals surface area contributed by atoms with Crippen LogP contribution in [0.4, 0.5) is 27.8 Å². The number of hydrogen-bond acceptors (Lipinski definition) is 3. The number of rotatable bonds is 2. The molecule has 0 unspecified atom stereocenters. The van der Waals surface area contributed by atoms with E-state index in [0.717, 1.165) is 6.07 Å². The number of nitrogens with two attached hydrogens (primary N) is 1. The summed E-state index contributed by atoms with van der Waals surface area (Å²) in [7, 11) is 0. The topological polar surface area (TPSA) is 62.7 Å². The minimum absolute atomic E-state index is 0.00367. The lowest BCUT2D eigenvalue weighted by Gasteiger charge is -2.13. The van der Waals surface area contributed by atoms with Gasteiger partial charge in [0, 0.05) is 16.1 Å². The summed E-state index contributed by atoms with van der Waals surface area (Å²) in [5.74, 6) is -11.2. The van der Waals surface area contributed by atoms with Crippen molar-refractivity contribution in [3.63, 3.8) is 0 Å². The predicted molar refractivity (Wildman–Crippen MR) is 89.0 cm³/mol. The summed E-state index contributed by atoms with van der Waals surface area (Å²) < 4.78 is 69.0. The maximum Gasteiger partial charge on any atom is 0.200 e. The van der Waals surface area contributed by atoms with Crippen molar-refractivity contribution in [1.29, 1.82) is 5.26 Å². The van der Waals surface area contributed by atoms with E-state index in [1.807, 2.05) is 0 Å². The number of anilines is 1. The summed E-state index contributed by atoms with van der Waals surface area (Å²) in [6.07, 6.45) is 0. The molecular formula is C18H7ClF5N3. The van der Waals surface area contributed by atoms with Gasteiger partial charge in [-0.2, -0.15) is 5.26 Å². The maximum atomic E-state index is 14.2. The van der Waals surface area contributed by atoms with Crippen LogP contribution < -0.4 is 5.73 Å². The summed E-state index contributed by atoms with van der Waals surface area (Å²) in [6, 6.07) is 8.79. The first-order valence-corrected chi connectivity index (χ1v) is 7.63. The van der Waals surface area contributed by atoms with E-state index in [1.54, 1.807) is 18.2 Å². The molecule has 1 heterocycles. The summed E-state index contributed by atoms with van der Waals surface area (Å²) in [5.41, 5.74) is 3.57. The summed E-state index contributed by atoms with van der Waals surface area (Å²) in [5, 5.41) is 9.46. The van der Waals surface area contributed by atoms with Gasteiger partial charge in [0.1, 0.15) is 17.5 Å². The van der Waals surface area contributed by atoms with Crippen molar-refractivity contribution in [2.45, 2.75) is 0 Å². The van der Waals surface area contributed by atoms with Gasteiger partial charge >= 0.3 is 0 Å². The van der Waals surface area contributed by atoms with Gasteiger partial charge in [-0.25, -0.2) is 26.9 Å². The highest BCUT2D eigenvalue weighted by atomic mass is 35.5. The zero-order chi connectivity index (χ0) is 19.9. The van der Waals surface area contributed by atoms with Crippen LogP contribution >= 0.6 is 11.6 Å². The fraction of sp³-hybridized carbons (Fsp3) is 0. The molecule has 0 amide bonds. The van der Waals surface area contributed by atoms with Crippen molar-refractivity contribution < 1.29 is 22.0 Å². The average molecular weight is 396 g/mol. The Labute approximate surface area is 154 Å². The Bertz CT molecular complexity index is 1100. The highest BCUT2D eigenvalue weighted by molar-refractivity contribution is 6.33. The number of nitriles is 1. The predicted octanol–water partition coefficient (Wildman–Crippen LogP) is 5.22. The van der Waals surface area contributed by atoms with Gasteiger partial charge in [0.2, 0.25) is 5.82 Å². The summed E-state index contributed by atoms with van der Waals surface area (Å²) in [6.45, 7) is 0. The first-order valence-electron chi connectivity index (χ1n) is 7.25. The summed E-state index contributed by atoms with van der Waals surface area (Å²) >= 11 is 6.05. The second-order valence-corrected chi connectivity index (χ2v) is 5.76. The van der Waals surface area contributed by atoms with Crippen LogP contribution in [-0.4, -0.2) is 4.98 Å². The van der Waals surface area contributed by atoms with Crippen LogP contribution in [0.3, 0.4) is 0 Å². The third-order valence-electron chi connectivity index (χ3n) is 3.79. The standard InChI is InChI=1S/C18H7ClF5N3/c19-10-4-2-1-3-7(10)11-5-8(9(6-25)18(26)27-11)12-13(20)15(22)17(24)16(23)14(12)21/h1-5H,(H2,26,27). The molecule has 0 saturated heterocycles. The Hall–Kier alpha value is -3.18. The van der Waals surface area contributed by atoms with Crippen LogP contribution in [0.15, 0.2) is 30.3 Å². The molecule has 0 saturated carbocycles. The van der Waals surface area contributed by atoms with E-state index in [4.69, 9.17) is 17.3 Å². The molecule has 136 valence electrons. The molecule has 0 spiro atoms. The molecule has 3 aromatic rings. The van der Waals surface area contributed by atoms with Crippen LogP contribution in [0, 0.1) is 40.4 Å². The second-order valence-electron chi connectivity index (χ2n) is 5.35. The Morgan fingerprint density at radius 3 is 2.00 bits per heavy atom. The molecule has 9 heteroatoms. The van der Waals surface area contributed by atoms with Gasteiger partial charge in [-0.3, -0.25) is 0 Å². The highest BCUT2D eigenvalue weighted by Crippen LogP contribution is 2.38. The smallest absolute Gasteiger partial charge is 0.200 e. The van der Waals surface area contributed by atoms with Crippen LogP contribution in [0.5, 0.6) is 0 Å². The van der Waals surface area contributed by atoms with Gasteiger partial charge in [-0.05, 0) is 12.1 Å². The molecular weight excluding hydrogens is 389 g/mol. The third kappa shape index (κ3) is 2.96. The quantitative estimate of drug-likeness (QED) is 0.367. The van der Waals surface area contributed by atoms with Crippen LogP contribution in [0.2, 0.25) is 5.02 Å². The summed E-state index contributed by atoms with van der Waals surface area (Å²) in [4.78, 5) is 3.95. The minimum Gasteiger partial charge on any atom is -0.383 e. The lowest BCUT2D eigenvalue weighted by molar-refractivity contribution is 0.381. The largest absolute Gasteiger partial charge is 0.383 e. The fourth-order valence-electron chi connectivity index (χ4n) is 2.53. The third-order valence-corrected chi connectivity index (χ3v) is 4.12. The molecule has 3 rings (SSSR count). The fourth-order valence-corrected chi connectivity index (χ4v) is 2.76. The lowest BCUT2D eigenvalue weighted by atomic mass is 9.97. The minimum atomic E-state index is -2.30. The van der Waals surface area contributed by atoms with E-state index in [1.165, 1.54) is 12.1 Å². The van der Waals surface area contributed by atoms with Gasteiger partial charge in [0.25, 0.3) is 0 Å². The molecule has 0 atom stereocenters. The molecule has 1 aromatic heterocycles. The first kappa shape index (κ1) is 18.6. The number of aromatic nitrogens is 1. The Balaban J connectivity index is 2.42. The molecule has 0 aliphatic heterocycles. The van der Waals surface area contributed by atoms with Gasteiger partial charge < -0.3 is 5.73 Å². The Morgan fingerprint density at radius 1 is 0.889 bits per heavy atom. The van der Waals surface area contributed by atoms with Crippen molar-refractivity contribution in [1.82, 2.24) is 4.98 Å². The molecule has 3 nitrogen and oxygen atoms in total. The van der Waals surface area contributed by atoms with Crippen LogP contribution in [-0.2, 0) is 0 Å². The van der Waals surface area contributed by atoms with Crippen LogP contribution in [0.25, 0.3) is 22.4 Å². The Kier molecular flexibility index (Phi) is 4.72. The van der Waals surface area contributed by atoms with Crippen molar-refractivity contribution in [3.05, 3.63) is 70.0 Å². The number of pyridine rings is 1. The van der Waals surface area contributed by atoms with E-state index >= 15 is 0 Å². The zero-order valence-electron chi connectivity index (χ0n) is 13.1. The van der Waals surface area contributed by atoms with Gasteiger partial charge in [0.05, 0.1) is 11.3 Å². The lowest BCUT2D eigenvalue weighted by Crippen LogP contribution is -2.07. The van der Waals surface area contributed by atoms with E-state index in [-0.39, 0.29) is 10.7 Å². The molecule has 2 aromatic carbocycles. The maximum absolute atomic E-state index is 14.2. The Morgan fingerprint density at radius 2 is 1.44 bits per heavy atom. The number of benzene rings is 2. The van der Waals surface area contributed by atoms with E-state index in [0.29, 0.717) is 5.56 Å². The van der Waals surface area contributed by atoms with E-state index in [9.17, 15) is 27.2 Å². The molecule has 2 N–H and O–H groups in total. The second kappa shape index (κ2) is 6.85. The zero-order valence-corrected chi connectivity index (χ0v) is 13.9. The molecule has 27 heavy (non-hydrogen) atoms. The average Bonchev–Trinajstić information content (AvgIpc) is 2.65. The van der Waals surface area contributed by atoms with Crippen molar-refractivity contribution in [3.8, 4) is 28.5 Å². The number of nitrogen functional groups attached to an aromatic ring is 1. The number of halogens is 6. The van der Waals surface area contributed by atoms with E-state index < -0.39 is 51.6 Å². The highest BCUT2D eigenvalue weighted by Gasteiger charge is 2.29.